The molecule has 5 nitrogen and oxygen atoms in total. The van der Waals surface area contributed by atoms with E-state index in [0.29, 0.717) is 4.68 Å². The SMILES string of the molecule is O=C([O-])n1cncn1.[Na+]. The second kappa shape index (κ2) is 3.60. The molecule has 1 rings (SSSR count). The molecule has 0 amide bonds. The van der Waals surface area contributed by atoms with Crippen LogP contribution < -0.4 is 34.7 Å². The van der Waals surface area contributed by atoms with E-state index >= 15 is 0 Å². The first kappa shape index (κ1) is 8.61. The smallest absolute Gasteiger partial charge is 0.528 e. The quantitative estimate of drug-likeness (QED) is 0.336. The van der Waals surface area contributed by atoms with Crippen LogP contribution in [0.2, 0.25) is 0 Å². The summed E-state index contributed by atoms with van der Waals surface area (Å²) in [7, 11) is 0. The summed E-state index contributed by atoms with van der Waals surface area (Å²) in [5, 5.41) is 13.1. The number of hydrogen-bond acceptors (Lipinski definition) is 4. The Morgan fingerprint density at radius 2 is 2.33 bits per heavy atom. The van der Waals surface area contributed by atoms with Crippen LogP contribution in [0.1, 0.15) is 0 Å². The average Bonchev–Trinajstić information content (AvgIpc) is 2.12. The van der Waals surface area contributed by atoms with Crippen LogP contribution in [0.4, 0.5) is 4.79 Å². The van der Waals surface area contributed by atoms with Gasteiger partial charge in [0.05, 0.1) is 0 Å². The van der Waals surface area contributed by atoms with E-state index in [1.165, 1.54) is 0 Å². The van der Waals surface area contributed by atoms with Crippen molar-refractivity contribution in [1.82, 2.24) is 14.8 Å². The summed E-state index contributed by atoms with van der Waals surface area (Å²) in [6.07, 6.45) is 0.799. The first-order valence-corrected chi connectivity index (χ1v) is 1.86. The van der Waals surface area contributed by atoms with E-state index in [2.05, 4.69) is 10.1 Å². The zero-order chi connectivity index (χ0) is 5.98. The molecular weight excluding hydrogens is 133 g/mol. The van der Waals surface area contributed by atoms with E-state index in [1.54, 1.807) is 0 Å². The predicted molar refractivity (Wildman–Crippen MR) is 20.8 cm³/mol. The number of hydrogen-bond donors (Lipinski definition) is 0. The molecule has 6 heteroatoms. The molecule has 0 radical (unpaired) electrons. The van der Waals surface area contributed by atoms with Gasteiger partial charge in [0.15, 0.2) is 6.09 Å². The molecule has 42 valence electrons. The van der Waals surface area contributed by atoms with Gasteiger partial charge in [-0.2, -0.15) is 5.10 Å². The first-order valence-electron chi connectivity index (χ1n) is 1.86. The number of carboxylic acid groups (broad SMARTS) is 1. The van der Waals surface area contributed by atoms with Gasteiger partial charge in [-0.1, -0.05) is 0 Å². The molecule has 0 aromatic carbocycles. The first-order chi connectivity index (χ1) is 3.80. The van der Waals surface area contributed by atoms with Gasteiger partial charge >= 0.3 is 29.6 Å². The zero-order valence-electron chi connectivity index (χ0n) is 4.81. The summed E-state index contributed by atoms with van der Waals surface area (Å²) in [6.45, 7) is 0. The van der Waals surface area contributed by atoms with Gasteiger partial charge in [0, 0.05) is 0 Å². The van der Waals surface area contributed by atoms with E-state index in [0.717, 1.165) is 12.7 Å². The van der Waals surface area contributed by atoms with Crippen LogP contribution in [0.5, 0.6) is 0 Å². The van der Waals surface area contributed by atoms with Crippen molar-refractivity contribution >= 4 is 6.09 Å². The normalized spacial score (nSPS) is 8.00. The average molecular weight is 135 g/mol. The molecule has 1 heterocycles. The summed E-state index contributed by atoms with van der Waals surface area (Å²) in [6, 6.07) is 0. The van der Waals surface area contributed by atoms with Crippen molar-refractivity contribution in [2.45, 2.75) is 0 Å². The maximum absolute atomic E-state index is 9.81. The summed E-state index contributed by atoms with van der Waals surface area (Å²) >= 11 is 0. The van der Waals surface area contributed by atoms with Gasteiger partial charge in [0.2, 0.25) is 0 Å². The second-order valence-electron chi connectivity index (χ2n) is 1.11. The van der Waals surface area contributed by atoms with Crippen molar-refractivity contribution in [3.8, 4) is 0 Å². The maximum Gasteiger partial charge on any atom is 1.00 e. The van der Waals surface area contributed by atoms with Crippen LogP contribution in [0.15, 0.2) is 12.7 Å². The largest absolute Gasteiger partial charge is 1.00 e. The third kappa shape index (κ3) is 2.13. The maximum atomic E-state index is 9.81. The van der Waals surface area contributed by atoms with Crippen molar-refractivity contribution in [3.05, 3.63) is 12.7 Å². The van der Waals surface area contributed by atoms with Crippen LogP contribution in [-0.2, 0) is 0 Å². The van der Waals surface area contributed by atoms with E-state index in [4.69, 9.17) is 0 Å². The standard InChI is InChI=1S/C3H3N3O2.Na/c7-3(8)6-2-4-1-5-6;/h1-2H,(H,7,8);/q;+1/p-1. The minimum absolute atomic E-state index is 0. The zero-order valence-corrected chi connectivity index (χ0v) is 6.81. The molecular formula is C3H2N3NaO2. The van der Waals surface area contributed by atoms with Gasteiger partial charge < -0.3 is 9.90 Å². The Bertz CT molecular complexity index is 185. The van der Waals surface area contributed by atoms with Gasteiger partial charge in [-0.05, 0) is 0 Å². The Morgan fingerprint density at radius 3 is 2.56 bits per heavy atom. The van der Waals surface area contributed by atoms with E-state index in [1.807, 2.05) is 0 Å². The van der Waals surface area contributed by atoms with E-state index < -0.39 is 6.09 Å². The number of aromatic nitrogens is 3. The third-order valence-corrected chi connectivity index (χ3v) is 0.606. The van der Waals surface area contributed by atoms with Crippen molar-refractivity contribution in [1.29, 1.82) is 0 Å². The summed E-state index contributed by atoms with van der Waals surface area (Å²) in [5.41, 5.74) is 0. The number of nitrogens with zero attached hydrogens (tertiary/aromatic N) is 3. The summed E-state index contributed by atoms with van der Waals surface area (Å²) in [4.78, 5) is 13.2. The van der Waals surface area contributed by atoms with Crippen LogP contribution >= 0.6 is 0 Å². The monoisotopic (exact) mass is 135 g/mol. The van der Waals surface area contributed by atoms with Crippen LogP contribution in [0, 0.1) is 0 Å². The Hall–Kier alpha value is -0.390. The second-order valence-corrected chi connectivity index (χ2v) is 1.11. The minimum Gasteiger partial charge on any atom is -0.528 e. The Kier molecular flexibility index (Phi) is 3.44. The fourth-order valence-electron chi connectivity index (χ4n) is 0.303. The van der Waals surface area contributed by atoms with Crippen LogP contribution in [-0.4, -0.2) is 20.9 Å². The molecule has 0 aliphatic heterocycles. The molecule has 9 heavy (non-hydrogen) atoms. The van der Waals surface area contributed by atoms with Crippen LogP contribution in [0.25, 0.3) is 0 Å². The van der Waals surface area contributed by atoms with E-state index in [9.17, 15) is 9.90 Å². The van der Waals surface area contributed by atoms with Gasteiger partial charge in [-0.25, -0.2) is 9.67 Å². The third-order valence-electron chi connectivity index (χ3n) is 0.606. The number of rotatable bonds is 0. The van der Waals surface area contributed by atoms with Crippen molar-refractivity contribution in [2.75, 3.05) is 0 Å². The van der Waals surface area contributed by atoms with Gasteiger partial charge in [-0.15, -0.1) is 0 Å². The Morgan fingerprint density at radius 1 is 1.67 bits per heavy atom. The molecule has 0 unspecified atom stereocenters. The van der Waals surface area contributed by atoms with Gasteiger partial charge in [0.25, 0.3) is 0 Å². The topological polar surface area (TPSA) is 70.8 Å². The molecule has 0 aliphatic carbocycles. The fraction of sp³-hybridized carbons (Fsp3) is 0. The molecule has 0 bridgehead atoms. The summed E-state index contributed by atoms with van der Waals surface area (Å²) in [5.74, 6) is 0. The van der Waals surface area contributed by atoms with Crippen molar-refractivity contribution < 1.29 is 39.5 Å². The molecule has 0 fully saturated rings. The van der Waals surface area contributed by atoms with Gasteiger partial charge in [-0.3, -0.25) is 0 Å². The Balaban J connectivity index is 0.000000640. The molecule has 0 aliphatic rings. The molecule has 0 saturated heterocycles. The Labute approximate surface area is 73.0 Å². The van der Waals surface area contributed by atoms with Gasteiger partial charge in [0.1, 0.15) is 12.7 Å². The molecule has 1 aromatic rings. The predicted octanol–water partition coefficient (Wildman–Crippen LogP) is -4.53. The number of carbonyl (C=O) groups excluding carboxylic acids is 1. The van der Waals surface area contributed by atoms with Crippen molar-refractivity contribution in [2.24, 2.45) is 0 Å². The molecule has 0 atom stereocenters. The molecule has 0 saturated carbocycles. The van der Waals surface area contributed by atoms with Crippen molar-refractivity contribution in [3.63, 3.8) is 0 Å². The fourth-order valence-corrected chi connectivity index (χ4v) is 0.303. The van der Waals surface area contributed by atoms with E-state index in [-0.39, 0.29) is 29.6 Å². The molecule has 0 spiro atoms. The summed E-state index contributed by atoms with van der Waals surface area (Å²) < 4.78 is 0.611. The molecule has 0 N–H and O–H groups in total. The number of carbonyl (C=O) groups is 1. The minimum atomic E-state index is -1.37. The molecule has 1 aromatic heterocycles. The van der Waals surface area contributed by atoms with Crippen LogP contribution in [0.3, 0.4) is 0 Å².